The molecule has 0 bridgehead atoms. The lowest BCUT2D eigenvalue weighted by Crippen LogP contribution is -2.24. The molecule has 1 fully saturated rings. The van der Waals surface area contributed by atoms with Crippen molar-refractivity contribution in [3.05, 3.63) is 56.6 Å². The van der Waals surface area contributed by atoms with E-state index in [4.69, 9.17) is 16.6 Å². The number of fused-ring (bicyclic) bond motifs is 6. The molecule has 7 nitrogen and oxygen atoms in total. The van der Waals surface area contributed by atoms with E-state index in [1.165, 1.54) is 0 Å². The van der Waals surface area contributed by atoms with Gasteiger partial charge in [0.15, 0.2) is 11.5 Å². The Labute approximate surface area is 184 Å². The van der Waals surface area contributed by atoms with Crippen LogP contribution in [0.25, 0.3) is 44.0 Å². The molecule has 0 aliphatic heterocycles. The predicted octanol–water partition coefficient (Wildman–Crippen LogP) is 4.97. The molecule has 32 heavy (non-hydrogen) atoms. The zero-order valence-electron chi connectivity index (χ0n) is 16.9. The molecule has 2 N–H and O–H groups in total. The first-order chi connectivity index (χ1) is 15.4. The average molecular weight is 451 g/mol. The zero-order valence-corrected chi connectivity index (χ0v) is 17.6. The van der Waals surface area contributed by atoms with Crippen LogP contribution < -0.4 is 5.43 Å². The molecule has 2 aromatic carbocycles. The third kappa shape index (κ3) is 2.53. The van der Waals surface area contributed by atoms with Crippen molar-refractivity contribution in [1.29, 1.82) is 0 Å². The van der Waals surface area contributed by atoms with Gasteiger partial charge in [-0.25, -0.2) is 19.2 Å². The highest BCUT2D eigenvalue weighted by Crippen LogP contribution is 2.41. The molecular weight excluding hydrogens is 435 g/mol. The number of nitrogens with zero attached hydrogens (tertiary/aromatic N) is 3. The lowest BCUT2D eigenvalue weighted by atomic mass is 10.0. The van der Waals surface area contributed by atoms with E-state index >= 15 is 4.39 Å². The van der Waals surface area contributed by atoms with E-state index in [-0.39, 0.29) is 28.0 Å². The third-order valence-electron chi connectivity index (χ3n) is 6.12. The van der Waals surface area contributed by atoms with Gasteiger partial charge in [0.1, 0.15) is 22.1 Å². The first-order valence-corrected chi connectivity index (χ1v) is 10.7. The van der Waals surface area contributed by atoms with Gasteiger partial charge in [0.25, 0.3) is 0 Å². The van der Waals surface area contributed by atoms with Gasteiger partial charge in [-0.3, -0.25) is 4.79 Å². The highest BCUT2D eigenvalue weighted by atomic mass is 35.5. The van der Waals surface area contributed by atoms with Crippen molar-refractivity contribution in [2.24, 2.45) is 0 Å². The Morgan fingerprint density at radius 1 is 1.22 bits per heavy atom. The molecule has 1 saturated carbocycles. The van der Waals surface area contributed by atoms with Gasteiger partial charge in [0.2, 0.25) is 5.43 Å². The van der Waals surface area contributed by atoms with Crippen molar-refractivity contribution < 1.29 is 14.3 Å². The van der Waals surface area contributed by atoms with Crippen LogP contribution >= 0.6 is 11.6 Å². The summed E-state index contributed by atoms with van der Waals surface area (Å²) in [7, 11) is 0. The van der Waals surface area contributed by atoms with Crippen LogP contribution in [0, 0.1) is 5.82 Å². The van der Waals surface area contributed by atoms with Crippen LogP contribution in [0.4, 0.5) is 4.39 Å². The fourth-order valence-electron chi connectivity index (χ4n) is 4.62. The molecule has 0 saturated heterocycles. The van der Waals surface area contributed by atoms with Gasteiger partial charge in [-0.15, -0.1) is 0 Å². The second-order valence-corrected chi connectivity index (χ2v) is 8.53. The van der Waals surface area contributed by atoms with Crippen molar-refractivity contribution in [3.63, 3.8) is 0 Å². The third-order valence-corrected chi connectivity index (χ3v) is 6.35. The molecule has 1 aliphatic carbocycles. The minimum Gasteiger partial charge on any atom is -0.477 e. The molecule has 0 unspecified atom stereocenters. The van der Waals surface area contributed by atoms with Crippen LogP contribution in [-0.2, 0) is 6.42 Å². The molecule has 0 spiro atoms. The summed E-state index contributed by atoms with van der Waals surface area (Å²) in [4.78, 5) is 37.5. The minimum atomic E-state index is -1.31. The van der Waals surface area contributed by atoms with E-state index < -0.39 is 17.2 Å². The average Bonchev–Trinajstić information content (AvgIpc) is 3.54. The lowest BCUT2D eigenvalue weighted by Gasteiger charge is -2.19. The largest absolute Gasteiger partial charge is 0.477 e. The van der Waals surface area contributed by atoms with Crippen LogP contribution in [0.1, 0.15) is 41.9 Å². The van der Waals surface area contributed by atoms with E-state index in [0.29, 0.717) is 33.8 Å². The fourth-order valence-corrected chi connectivity index (χ4v) is 4.80. The normalized spacial score (nSPS) is 14.2. The zero-order chi connectivity index (χ0) is 22.3. The molecule has 0 amide bonds. The summed E-state index contributed by atoms with van der Waals surface area (Å²) in [5.41, 5.74) is 1.79. The second kappa shape index (κ2) is 6.49. The molecule has 0 radical (unpaired) electrons. The number of halogens is 2. The minimum absolute atomic E-state index is 0.00280. The first-order valence-electron chi connectivity index (χ1n) is 10.3. The summed E-state index contributed by atoms with van der Waals surface area (Å²) in [6.45, 7) is 1.81. The van der Waals surface area contributed by atoms with Gasteiger partial charge in [0.05, 0.1) is 10.9 Å². The number of carboxylic acids is 1. The highest BCUT2D eigenvalue weighted by Gasteiger charge is 2.32. The topological polar surface area (TPSA) is 101 Å². The van der Waals surface area contributed by atoms with E-state index in [0.717, 1.165) is 29.8 Å². The van der Waals surface area contributed by atoms with Crippen LogP contribution in [0.15, 0.2) is 29.1 Å². The summed E-state index contributed by atoms with van der Waals surface area (Å²) in [6.07, 6.45) is 2.04. The van der Waals surface area contributed by atoms with Crippen molar-refractivity contribution in [3.8, 4) is 0 Å². The van der Waals surface area contributed by atoms with E-state index in [1.54, 1.807) is 18.2 Å². The number of rotatable bonds is 3. The van der Waals surface area contributed by atoms with Gasteiger partial charge >= 0.3 is 5.97 Å². The van der Waals surface area contributed by atoms with E-state index in [9.17, 15) is 14.7 Å². The molecule has 6 rings (SSSR count). The number of nitrogens with one attached hydrogen (secondary N) is 1. The van der Waals surface area contributed by atoms with Gasteiger partial charge in [-0.1, -0.05) is 18.5 Å². The maximum Gasteiger partial charge on any atom is 0.341 e. The Hall–Kier alpha value is -3.52. The Balaban J connectivity index is 1.89. The molecule has 3 aromatic heterocycles. The lowest BCUT2D eigenvalue weighted by molar-refractivity contribution is 0.0693. The van der Waals surface area contributed by atoms with E-state index in [1.807, 2.05) is 11.5 Å². The molecular formula is C23H16ClFN4O3. The maximum absolute atomic E-state index is 15.2. The van der Waals surface area contributed by atoms with Crippen molar-refractivity contribution in [2.75, 3.05) is 0 Å². The number of hydrogen-bond donors (Lipinski definition) is 2. The molecule has 9 heteroatoms. The molecule has 160 valence electrons. The van der Waals surface area contributed by atoms with Crippen LogP contribution in [0.3, 0.4) is 0 Å². The van der Waals surface area contributed by atoms with Crippen molar-refractivity contribution in [2.45, 2.75) is 32.2 Å². The monoisotopic (exact) mass is 450 g/mol. The summed E-state index contributed by atoms with van der Waals surface area (Å²) in [5, 5.41) is 11.0. The molecule has 1 aliphatic rings. The Morgan fingerprint density at radius 2 is 2.00 bits per heavy atom. The Bertz CT molecular complexity index is 1700. The maximum atomic E-state index is 15.2. The first kappa shape index (κ1) is 19.2. The van der Waals surface area contributed by atoms with Crippen molar-refractivity contribution >= 4 is 61.6 Å². The van der Waals surface area contributed by atoms with Crippen LogP contribution in [-0.4, -0.2) is 30.6 Å². The summed E-state index contributed by atoms with van der Waals surface area (Å²) < 4.78 is 17.0. The summed E-state index contributed by atoms with van der Waals surface area (Å²) >= 11 is 6.17. The molecule has 0 atom stereocenters. The number of aromatic amines is 1. The number of aromatic nitrogens is 4. The highest BCUT2D eigenvalue weighted by molar-refractivity contribution is 6.31. The number of pyridine rings is 1. The summed E-state index contributed by atoms with van der Waals surface area (Å²) in [5.74, 6) is -2.03. The van der Waals surface area contributed by atoms with E-state index in [2.05, 4.69) is 9.97 Å². The molecule has 5 aromatic rings. The molecule has 3 heterocycles. The SMILES string of the molecule is CCc1c(C(=O)O)c(=O)c2cc(F)c3nc4[nH]c5ccc(Cl)cc5c4nc3c2n1C1CC1. The number of carboxylic acid groups (broad SMARTS) is 1. The van der Waals surface area contributed by atoms with Crippen LogP contribution in [0.2, 0.25) is 5.02 Å². The fraction of sp³-hybridized carbons (Fsp3) is 0.217. The standard InChI is InChI=1S/C23H16ClFN4O3/c1-2-15-16(23(31)32)21(30)12-8-13(25)18-19(20(12)29(15)10-4-5-10)27-17-11-7-9(24)3-6-14(11)26-22(17)28-18/h3,6-8,10H,2,4-5H2,1H3,(H,26,28)(H,31,32). The number of carbonyl (C=O) groups is 1. The van der Waals surface area contributed by atoms with Crippen molar-refractivity contribution in [1.82, 2.24) is 19.5 Å². The van der Waals surface area contributed by atoms with Gasteiger partial charge in [0, 0.05) is 27.7 Å². The Kier molecular flexibility index (Phi) is 3.89. The van der Waals surface area contributed by atoms with Gasteiger partial charge < -0.3 is 14.7 Å². The Morgan fingerprint density at radius 3 is 2.69 bits per heavy atom. The smallest absolute Gasteiger partial charge is 0.341 e. The number of aromatic carboxylic acids is 1. The van der Waals surface area contributed by atoms with Gasteiger partial charge in [-0.05, 0) is 43.5 Å². The second-order valence-electron chi connectivity index (χ2n) is 8.10. The predicted molar refractivity (Wildman–Crippen MR) is 120 cm³/mol. The number of hydrogen-bond acceptors (Lipinski definition) is 4. The quantitative estimate of drug-likeness (QED) is 0.378. The van der Waals surface area contributed by atoms with Gasteiger partial charge in [-0.2, -0.15) is 0 Å². The van der Waals surface area contributed by atoms with Crippen LogP contribution in [0.5, 0.6) is 0 Å². The number of benzene rings is 2. The summed E-state index contributed by atoms with van der Waals surface area (Å²) in [6, 6.07) is 6.42. The number of H-pyrrole nitrogens is 1.